The van der Waals surface area contributed by atoms with E-state index in [9.17, 15) is 19.7 Å². The second-order valence-corrected chi connectivity index (χ2v) is 7.12. The van der Waals surface area contributed by atoms with Gasteiger partial charge in [0, 0.05) is 6.07 Å². The fraction of sp³-hybridized carbons (Fsp3) is 0.211. The Morgan fingerprint density at radius 3 is 2.72 bits per heavy atom. The van der Waals surface area contributed by atoms with Gasteiger partial charge in [0.15, 0.2) is 6.61 Å². The first-order valence-electron chi connectivity index (χ1n) is 8.55. The van der Waals surface area contributed by atoms with E-state index in [1.165, 1.54) is 23.5 Å². The van der Waals surface area contributed by atoms with Gasteiger partial charge >= 0.3 is 5.97 Å². The van der Waals surface area contributed by atoms with Crippen molar-refractivity contribution in [2.75, 3.05) is 18.5 Å². The predicted molar refractivity (Wildman–Crippen MR) is 107 cm³/mol. The molecule has 0 fully saturated rings. The van der Waals surface area contributed by atoms with E-state index >= 15 is 0 Å². The minimum atomic E-state index is -0.722. The predicted octanol–water partition coefficient (Wildman–Crippen LogP) is 3.21. The molecule has 1 N–H and O–H groups in total. The first kappa shape index (κ1) is 20.4. The van der Waals surface area contributed by atoms with Gasteiger partial charge in [0.1, 0.15) is 17.3 Å². The molecule has 0 aliphatic heterocycles. The average molecular weight is 415 g/mol. The Morgan fingerprint density at radius 2 is 1.97 bits per heavy atom. The molecule has 1 heterocycles. The molecule has 0 saturated carbocycles. The van der Waals surface area contributed by atoms with Gasteiger partial charge in [-0.05, 0) is 24.6 Å². The third kappa shape index (κ3) is 5.33. The molecule has 0 atom stereocenters. The maximum Gasteiger partial charge on any atom is 0.332 e. The quantitative estimate of drug-likeness (QED) is 0.341. The number of ether oxygens (including phenoxy) is 2. The van der Waals surface area contributed by atoms with Gasteiger partial charge in [-0.25, -0.2) is 9.78 Å². The number of nitrogens with zero attached hydrogens (tertiary/aromatic N) is 2. The number of para-hydroxylation sites is 2. The molecule has 0 saturated heterocycles. The summed E-state index contributed by atoms with van der Waals surface area (Å²) in [4.78, 5) is 38.6. The van der Waals surface area contributed by atoms with Crippen LogP contribution in [0.4, 0.5) is 11.4 Å². The number of benzene rings is 2. The molecule has 9 nitrogen and oxygen atoms in total. The van der Waals surface area contributed by atoms with E-state index in [0.717, 1.165) is 15.2 Å². The van der Waals surface area contributed by atoms with Crippen molar-refractivity contribution in [3.63, 3.8) is 0 Å². The topological polar surface area (TPSA) is 121 Å². The summed E-state index contributed by atoms with van der Waals surface area (Å²) in [7, 11) is 0. The number of thiazole rings is 1. The molecule has 1 aromatic heterocycles. The average Bonchev–Trinajstić information content (AvgIpc) is 3.10. The van der Waals surface area contributed by atoms with Gasteiger partial charge in [-0.2, -0.15) is 0 Å². The van der Waals surface area contributed by atoms with E-state index in [0.29, 0.717) is 5.56 Å². The molecule has 0 spiro atoms. The number of fused-ring (bicyclic) bond motifs is 1. The molecule has 29 heavy (non-hydrogen) atoms. The van der Waals surface area contributed by atoms with E-state index in [1.54, 1.807) is 13.0 Å². The number of anilines is 1. The number of aromatic nitrogens is 1. The summed E-state index contributed by atoms with van der Waals surface area (Å²) in [6, 6.07) is 12.1. The van der Waals surface area contributed by atoms with Gasteiger partial charge in [-0.15, -0.1) is 11.3 Å². The zero-order valence-electron chi connectivity index (χ0n) is 15.4. The Hall–Kier alpha value is -3.37. The number of hydrogen-bond donors (Lipinski definition) is 1. The zero-order chi connectivity index (χ0) is 20.8. The highest BCUT2D eigenvalue weighted by atomic mass is 32.1. The van der Waals surface area contributed by atoms with Crippen molar-refractivity contribution in [3.05, 3.63) is 63.1 Å². The fourth-order valence-electron chi connectivity index (χ4n) is 2.53. The van der Waals surface area contributed by atoms with Crippen molar-refractivity contribution in [1.82, 2.24) is 4.98 Å². The Kier molecular flexibility index (Phi) is 6.47. The summed E-state index contributed by atoms with van der Waals surface area (Å²) >= 11 is 1.47. The lowest BCUT2D eigenvalue weighted by molar-refractivity contribution is -0.384. The monoisotopic (exact) mass is 415 g/mol. The van der Waals surface area contributed by atoms with Crippen LogP contribution in [0.1, 0.15) is 10.6 Å². The number of esters is 1. The van der Waals surface area contributed by atoms with Crippen molar-refractivity contribution in [1.29, 1.82) is 0 Å². The van der Waals surface area contributed by atoms with Gasteiger partial charge < -0.3 is 14.8 Å². The van der Waals surface area contributed by atoms with Crippen LogP contribution in [0.15, 0.2) is 42.5 Å². The van der Waals surface area contributed by atoms with Crippen LogP contribution in [0.5, 0.6) is 0 Å². The molecule has 0 radical (unpaired) electrons. The maximum atomic E-state index is 12.0. The van der Waals surface area contributed by atoms with Crippen LogP contribution >= 0.6 is 11.3 Å². The Labute approximate surface area is 169 Å². The van der Waals surface area contributed by atoms with Gasteiger partial charge in [0.05, 0.1) is 21.7 Å². The van der Waals surface area contributed by atoms with E-state index in [4.69, 9.17) is 9.47 Å². The first-order chi connectivity index (χ1) is 13.9. The van der Waals surface area contributed by atoms with Crippen LogP contribution in [0.25, 0.3) is 10.2 Å². The molecule has 1 amide bonds. The van der Waals surface area contributed by atoms with E-state index < -0.39 is 23.4 Å². The smallest absolute Gasteiger partial charge is 0.332 e. The summed E-state index contributed by atoms with van der Waals surface area (Å²) < 4.78 is 11.2. The molecule has 3 aromatic rings. The van der Waals surface area contributed by atoms with Crippen LogP contribution in [0.2, 0.25) is 0 Å². The molecule has 0 aliphatic rings. The van der Waals surface area contributed by atoms with Crippen LogP contribution in [0, 0.1) is 17.0 Å². The number of aryl methyl sites for hydroxylation is 1. The van der Waals surface area contributed by atoms with Gasteiger partial charge in [-0.3, -0.25) is 14.9 Å². The molecular formula is C19H17N3O6S. The van der Waals surface area contributed by atoms with Crippen molar-refractivity contribution >= 4 is 44.8 Å². The van der Waals surface area contributed by atoms with Crippen molar-refractivity contribution in [3.8, 4) is 0 Å². The van der Waals surface area contributed by atoms with E-state index in [2.05, 4.69) is 10.3 Å². The first-order valence-corrected chi connectivity index (χ1v) is 9.37. The number of hydrogen-bond acceptors (Lipinski definition) is 8. The number of carbonyl (C=O) groups excluding carboxylic acids is 2. The zero-order valence-corrected chi connectivity index (χ0v) is 16.2. The van der Waals surface area contributed by atoms with Crippen LogP contribution in [-0.4, -0.2) is 35.0 Å². The third-order valence-electron chi connectivity index (χ3n) is 3.86. The number of amides is 1. The van der Waals surface area contributed by atoms with Gasteiger partial charge in [-0.1, -0.05) is 24.3 Å². The standard InChI is InChI=1S/C19H17N3O6S/c1-12-5-4-7-14(22(25)26)19(12)21-16(23)9-28-18(24)11-27-10-17-20-13-6-2-3-8-15(13)29-17/h2-8H,9-11H2,1H3,(H,21,23). The van der Waals surface area contributed by atoms with Crippen molar-refractivity contribution < 1.29 is 24.0 Å². The Balaban J connectivity index is 1.44. The van der Waals surface area contributed by atoms with Crippen LogP contribution in [-0.2, 0) is 25.7 Å². The van der Waals surface area contributed by atoms with Crippen LogP contribution in [0.3, 0.4) is 0 Å². The van der Waals surface area contributed by atoms with Gasteiger partial charge in [0.2, 0.25) is 0 Å². The number of nitrogens with one attached hydrogen (secondary N) is 1. The normalized spacial score (nSPS) is 10.7. The molecule has 0 bridgehead atoms. The lowest BCUT2D eigenvalue weighted by Crippen LogP contribution is -2.23. The second-order valence-electron chi connectivity index (χ2n) is 6.00. The summed E-state index contributed by atoms with van der Waals surface area (Å²) in [5, 5.41) is 14.2. The van der Waals surface area contributed by atoms with E-state index in [-0.39, 0.29) is 24.6 Å². The minimum Gasteiger partial charge on any atom is -0.454 e. The van der Waals surface area contributed by atoms with Crippen molar-refractivity contribution in [2.45, 2.75) is 13.5 Å². The van der Waals surface area contributed by atoms with Gasteiger partial charge in [0.25, 0.3) is 11.6 Å². The molecule has 0 aliphatic carbocycles. The molecule has 0 unspecified atom stereocenters. The Bertz CT molecular complexity index is 1030. The minimum absolute atomic E-state index is 0.0747. The highest BCUT2D eigenvalue weighted by Crippen LogP contribution is 2.27. The molecule has 3 rings (SSSR count). The SMILES string of the molecule is Cc1cccc([N+](=O)[O-])c1NC(=O)COC(=O)COCc1nc2ccccc2s1. The lowest BCUT2D eigenvalue weighted by Gasteiger charge is -2.09. The third-order valence-corrected chi connectivity index (χ3v) is 4.87. The number of nitro groups is 1. The molecule has 150 valence electrons. The Morgan fingerprint density at radius 1 is 1.17 bits per heavy atom. The number of nitro benzene ring substituents is 1. The number of rotatable bonds is 8. The second kappa shape index (κ2) is 9.22. The highest BCUT2D eigenvalue weighted by Gasteiger charge is 2.18. The molecular weight excluding hydrogens is 398 g/mol. The lowest BCUT2D eigenvalue weighted by atomic mass is 10.1. The summed E-state index contributed by atoms with van der Waals surface area (Å²) in [6.07, 6.45) is 0. The summed E-state index contributed by atoms with van der Waals surface area (Å²) in [6.45, 7) is 0.864. The number of carbonyl (C=O) groups is 2. The molecule has 10 heteroatoms. The fourth-order valence-corrected chi connectivity index (χ4v) is 3.44. The molecule has 2 aromatic carbocycles. The summed E-state index contributed by atoms with van der Waals surface area (Å²) in [5.74, 6) is -1.40. The maximum absolute atomic E-state index is 12.0. The van der Waals surface area contributed by atoms with E-state index in [1.807, 2.05) is 24.3 Å². The van der Waals surface area contributed by atoms with Crippen LogP contribution < -0.4 is 5.32 Å². The highest BCUT2D eigenvalue weighted by molar-refractivity contribution is 7.18. The van der Waals surface area contributed by atoms with Crippen molar-refractivity contribution in [2.24, 2.45) is 0 Å². The largest absolute Gasteiger partial charge is 0.454 e. The summed E-state index contributed by atoms with van der Waals surface area (Å²) in [5.41, 5.74) is 1.23.